The Kier molecular flexibility index (Phi) is 3.28. The first-order valence-corrected chi connectivity index (χ1v) is 6.57. The maximum absolute atomic E-state index is 12.2. The molecule has 4 nitrogen and oxygen atoms in total. The molecule has 0 fully saturated rings. The van der Waals surface area contributed by atoms with E-state index in [0.717, 1.165) is 5.39 Å². The summed E-state index contributed by atoms with van der Waals surface area (Å²) in [7, 11) is 0. The summed E-state index contributed by atoms with van der Waals surface area (Å²) in [5.41, 5.74) is 0.607. The average molecular weight is 280 g/mol. The molecule has 4 heteroatoms. The molecule has 0 unspecified atom stereocenters. The highest BCUT2D eigenvalue weighted by Gasteiger charge is 2.18. The molecule has 3 rings (SSSR count). The van der Waals surface area contributed by atoms with Gasteiger partial charge in [0.25, 0.3) is 0 Å². The zero-order valence-electron chi connectivity index (χ0n) is 11.2. The third kappa shape index (κ3) is 2.56. The average Bonchev–Trinajstić information content (AvgIpc) is 2.51. The third-order valence-corrected chi connectivity index (χ3v) is 3.39. The lowest BCUT2D eigenvalue weighted by Crippen LogP contribution is -2.37. The first-order chi connectivity index (χ1) is 10.1. The summed E-state index contributed by atoms with van der Waals surface area (Å²) in [5.74, 6) is 0.0748. The van der Waals surface area contributed by atoms with E-state index < -0.39 is 0 Å². The number of hydrogen-bond acceptors (Lipinski definition) is 3. The minimum absolute atomic E-state index is 0.0109. The molecule has 0 spiro atoms. The van der Waals surface area contributed by atoms with E-state index in [-0.39, 0.29) is 24.0 Å². The van der Waals surface area contributed by atoms with Crippen molar-refractivity contribution in [3.8, 4) is 11.6 Å². The van der Waals surface area contributed by atoms with Crippen molar-refractivity contribution in [2.75, 3.05) is 0 Å². The van der Waals surface area contributed by atoms with E-state index in [2.05, 4.69) is 0 Å². The highest BCUT2D eigenvalue weighted by Crippen LogP contribution is 2.24. The van der Waals surface area contributed by atoms with E-state index in [1.807, 2.05) is 6.07 Å². The van der Waals surface area contributed by atoms with Gasteiger partial charge in [0, 0.05) is 17.0 Å². The molecule has 0 bridgehead atoms. The summed E-state index contributed by atoms with van der Waals surface area (Å²) in [6.45, 7) is 0.0622. The van der Waals surface area contributed by atoms with Crippen molar-refractivity contribution in [2.24, 2.45) is 0 Å². The number of benzene rings is 2. The first kappa shape index (κ1) is 13.1. The van der Waals surface area contributed by atoms with E-state index in [1.54, 1.807) is 48.7 Å². The Balaban J connectivity index is 1.96. The number of pyridine rings is 1. The summed E-state index contributed by atoms with van der Waals surface area (Å²) in [4.78, 5) is 12.2. The number of aromatic nitrogens is 1. The minimum Gasteiger partial charge on any atom is -0.508 e. The van der Waals surface area contributed by atoms with Crippen LogP contribution in [0, 0.1) is 0 Å². The van der Waals surface area contributed by atoms with Crippen molar-refractivity contribution in [1.82, 2.24) is 0 Å². The van der Waals surface area contributed by atoms with Crippen LogP contribution in [0.3, 0.4) is 0 Å². The van der Waals surface area contributed by atoms with Crippen LogP contribution >= 0.6 is 0 Å². The van der Waals surface area contributed by atoms with E-state index >= 15 is 0 Å². The molecule has 3 aromatic rings. The van der Waals surface area contributed by atoms with Crippen LogP contribution in [0.1, 0.15) is 10.4 Å². The number of rotatable bonds is 3. The number of aromatic hydroxyl groups is 2. The number of fused-ring (bicyclic) bond motifs is 1. The lowest BCUT2D eigenvalue weighted by atomic mass is 10.1. The van der Waals surface area contributed by atoms with Crippen LogP contribution in [-0.4, -0.2) is 16.0 Å². The lowest BCUT2D eigenvalue weighted by Gasteiger charge is -2.03. The van der Waals surface area contributed by atoms with Crippen molar-refractivity contribution in [1.29, 1.82) is 0 Å². The third-order valence-electron chi connectivity index (χ3n) is 3.39. The zero-order valence-corrected chi connectivity index (χ0v) is 11.2. The first-order valence-electron chi connectivity index (χ1n) is 6.57. The van der Waals surface area contributed by atoms with Crippen molar-refractivity contribution >= 4 is 16.6 Å². The number of hydrogen-bond donors (Lipinski definition) is 2. The maximum Gasteiger partial charge on any atom is 0.373 e. The topological polar surface area (TPSA) is 61.4 Å². The molecule has 0 aliphatic heterocycles. The molecule has 21 heavy (non-hydrogen) atoms. The van der Waals surface area contributed by atoms with E-state index in [9.17, 15) is 15.0 Å². The molecule has 104 valence electrons. The highest BCUT2D eigenvalue weighted by atomic mass is 16.3. The molecule has 0 saturated heterocycles. The molecule has 0 amide bonds. The van der Waals surface area contributed by atoms with Gasteiger partial charge in [-0.1, -0.05) is 30.3 Å². The Morgan fingerprint density at radius 2 is 1.76 bits per heavy atom. The van der Waals surface area contributed by atoms with E-state index in [0.29, 0.717) is 10.9 Å². The van der Waals surface area contributed by atoms with E-state index in [4.69, 9.17) is 0 Å². The maximum atomic E-state index is 12.2. The summed E-state index contributed by atoms with van der Waals surface area (Å²) in [6.07, 6.45) is 1.64. The van der Waals surface area contributed by atoms with Crippen LogP contribution in [0.25, 0.3) is 10.8 Å². The molecule has 1 heterocycles. The number of carbonyl (C=O) groups excluding carboxylic acids is 1. The monoisotopic (exact) mass is 280 g/mol. The van der Waals surface area contributed by atoms with Crippen LogP contribution in [0.4, 0.5) is 0 Å². The number of phenols is 1. The molecule has 0 aliphatic carbocycles. The fraction of sp³-hybridized carbons (Fsp3) is 0.0588. The van der Waals surface area contributed by atoms with Crippen LogP contribution in [0.15, 0.2) is 60.8 Å². The number of phenolic OH excluding ortho intramolecular Hbond substituents is 1. The SMILES string of the molecule is O=C(C[n+]1ccc2cc(O)ccc2c1O)c1ccccc1. The molecular weight excluding hydrogens is 266 g/mol. The summed E-state index contributed by atoms with van der Waals surface area (Å²) in [5, 5.41) is 21.0. The normalized spacial score (nSPS) is 10.7. The van der Waals surface area contributed by atoms with Crippen LogP contribution < -0.4 is 4.57 Å². The largest absolute Gasteiger partial charge is 0.508 e. The Hall–Kier alpha value is -2.88. The number of nitrogens with zero attached hydrogens (tertiary/aromatic N) is 1. The van der Waals surface area contributed by atoms with Gasteiger partial charge in [-0.05, 0) is 18.2 Å². The smallest absolute Gasteiger partial charge is 0.373 e. The molecule has 0 saturated carbocycles. The van der Waals surface area contributed by atoms with Gasteiger partial charge in [0.05, 0.1) is 5.39 Å². The van der Waals surface area contributed by atoms with Gasteiger partial charge in [-0.15, -0.1) is 0 Å². The highest BCUT2D eigenvalue weighted by molar-refractivity contribution is 5.95. The van der Waals surface area contributed by atoms with Crippen LogP contribution in [0.2, 0.25) is 0 Å². The fourth-order valence-electron chi connectivity index (χ4n) is 2.28. The zero-order chi connectivity index (χ0) is 14.8. The van der Waals surface area contributed by atoms with Gasteiger partial charge >= 0.3 is 5.88 Å². The molecule has 2 aromatic carbocycles. The van der Waals surface area contributed by atoms with Gasteiger partial charge < -0.3 is 10.2 Å². The predicted octanol–water partition coefficient (Wildman–Crippen LogP) is 2.42. The second-order valence-electron chi connectivity index (χ2n) is 4.83. The Morgan fingerprint density at radius 1 is 1.00 bits per heavy atom. The van der Waals surface area contributed by atoms with Crippen LogP contribution in [-0.2, 0) is 6.54 Å². The summed E-state index contributed by atoms with van der Waals surface area (Å²) < 4.78 is 1.49. The molecule has 1 aromatic heterocycles. The van der Waals surface area contributed by atoms with Gasteiger partial charge in [0.2, 0.25) is 12.3 Å². The van der Waals surface area contributed by atoms with Crippen molar-refractivity contribution in [2.45, 2.75) is 6.54 Å². The van der Waals surface area contributed by atoms with Gasteiger partial charge in [0.15, 0.2) is 6.20 Å². The Bertz CT molecular complexity index is 813. The molecule has 2 N–H and O–H groups in total. The molecular formula is C17H14NO3+. The van der Waals surface area contributed by atoms with Gasteiger partial charge in [-0.3, -0.25) is 4.79 Å². The summed E-state index contributed by atoms with van der Waals surface area (Å²) >= 11 is 0. The predicted molar refractivity (Wildman–Crippen MR) is 78.2 cm³/mol. The second-order valence-corrected chi connectivity index (χ2v) is 4.83. The Morgan fingerprint density at radius 3 is 2.52 bits per heavy atom. The van der Waals surface area contributed by atoms with Crippen molar-refractivity contribution < 1.29 is 19.6 Å². The number of carbonyl (C=O) groups is 1. The van der Waals surface area contributed by atoms with Crippen molar-refractivity contribution in [3.05, 3.63) is 66.4 Å². The Labute approximate surface area is 121 Å². The van der Waals surface area contributed by atoms with Gasteiger partial charge in [0.1, 0.15) is 5.75 Å². The number of ketones is 1. The molecule has 0 radical (unpaired) electrons. The van der Waals surface area contributed by atoms with E-state index in [1.165, 1.54) is 10.6 Å². The fourth-order valence-corrected chi connectivity index (χ4v) is 2.28. The van der Waals surface area contributed by atoms with Crippen molar-refractivity contribution in [3.63, 3.8) is 0 Å². The standard InChI is InChI=1S/C17H13NO3/c19-14-6-7-15-13(10-14)8-9-18(17(15)21)11-16(20)12-4-2-1-3-5-12/h1-10H,11H2,(H,19,21)/p+1. The van der Waals surface area contributed by atoms with Crippen LogP contribution in [0.5, 0.6) is 11.6 Å². The number of Topliss-reactive ketones (excluding diaryl/α,β-unsaturated/α-hetero) is 1. The second kappa shape index (κ2) is 5.25. The van der Waals surface area contributed by atoms with Gasteiger partial charge in [-0.2, -0.15) is 4.57 Å². The van der Waals surface area contributed by atoms with Gasteiger partial charge in [-0.25, -0.2) is 0 Å². The summed E-state index contributed by atoms with van der Waals surface area (Å²) in [6, 6.07) is 15.4. The quantitative estimate of drug-likeness (QED) is 0.572. The molecule has 0 aliphatic rings. The lowest BCUT2D eigenvalue weighted by molar-refractivity contribution is -0.687. The minimum atomic E-state index is -0.0750. The molecule has 0 atom stereocenters.